The van der Waals surface area contributed by atoms with Gasteiger partial charge in [-0.2, -0.15) is 4.37 Å². The molecule has 0 aliphatic heterocycles. The maximum absolute atomic E-state index is 13.4. The Morgan fingerprint density at radius 2 is 1.92 bits per heavy atom. The highest BCUT2D eigenvalue weighted by atomic mass is 35.5. The molecule has 39 heavy (non-hydrogen) atoms. The minimum atomic E-state index is -3.47. The summed E-state index contributed by atoms with van der Waals surface area (Å²) in [5.74, 6) is -0.811. The normalized spacial score (nSPS) is 12.5. The average Bonchev–Trinajstić information content (AvgIpc) is 3.51. The van der Waals surface area contributed by atoms with Crippen LogP contribution in [0.3, 0.4) is 0 Å². The van der Waals surface area contributed by atoms with Gasteiger partial charge in [-0.25, -0.2) is 13.2 Å². The Hall–Kier alpha value is -3.12. The molecule has 1 atom stereocenters. The number of nitrogens with zero attached hydrogens (tertiary/aromatic N) is 1. The number of amides is 1. The Kier molecular flexibility index (Phi) is 8.85. The number of nitrogens with one attached hydrogen (secondary N) is 2. The van der Waals surface area contributed by atoms with E-state index in [1.807, 2.05) is 6.07 Å². The molecule has 2 aromatic carbocycles. The number of fused-ring (bicyclic) bond motifs is 1. The Morgan fingerprint density at radius 3 is 2.59 bits per heavy atom. The zero-order valence-corrected chi connectivity index (χ0v) is 24.3. The summed E-state index contributed by atoms with van der Waals surface area (Å²) in [4.78, 5) is 26.4. The van der Waals surface area contributed by atoms with E-state index in [9.17, 15) is 18.0 Å². The molecule has 0 unspecified atom stereocenters. The molecule has 0 aliphatic rings. The van der Waals surface area contributed by atoms with E-state index < -0.39 is 33.9 Å². The summed E-state index contributed by atoms with van der Waals surface area (Å²) >= 11 is 14.3. The van der Waals surface area contributed by atoms with Gasteiger partial charge in [0.1, 0.15) is 11.9 Å². The Balaban J connectivity index is 1.61. The van der Waals surface area contributed by atoms with Gasteiger partial charge in [0.25, 0.3) is 5.91 Å². The molecular weight excluding hydrogens is 585 g/mol. The molecule has 0 radical (unpaired) electrons. The van der Waals surface area contributed by atoms with Gasteiger partial charge in [0.05, 0.1) is 43.8 Å². The summed E-state index contributed by atoms with van der Waals surface area (Å²) in [5.41, 5.74) is 1.43. The summed E-state index contributed by atoms with van der Waals surface area (Å²) in [6, 6.07) is 8.43. The fourth-order valence-corrected chi connectivity index (χ4v) is 6.00. The average molecular weight is 611 g/mol. The van der Waals surface area contributed by atoms with Gasteiger partial charge in [-0.3, -0.25) is 4.79 Å². The maximum atomic E-state index is 13.4. The second kappa shape index (κ2) is 12.0. The van der Waals surface area contributed by atoms with Gasteiger partial charge in [0.2, 0.25) is 0 Å². The SMILES string of the molecule is CC(C)OC(=O)[C@H](Cc1cccc(S(C)(=O)=O)c1)NC(=O)c1c(Cl)cc2c(NCc3ccoc3)nsc2c1Cl. The van der Waals surface area contributed by atoms with Crippen molar-refractivity contribution in [1.29, 1.82) is 0 Å². The highest BCUT2D eigenvalue weighted by Gasteiger charge is 2.28. The molecular formula is C26H25Cl2N3O6S2. The van der Waals surface area contributed by atoms with Gasteiger partial charge >= 0.3 is 5.97 Å². The molecule has 0 spiro atoms. The number of hydrogen-bond acceptors (Lipinski definition) is 9. The fraction of sp³-hybridized carbons (Fsp3) is 0.269. The molecule has 0 fully saturated rings. The van der Waals surface area contributed by atoms with Crippen molar-refractivity contribution in [2.75, 3.05) is 11.6 Å². The lowest BCUT2D eigenvalue weighted by molar-refractivity contribution is -0.149. The number of halogens is 2. The first kappa shape index (κ1) is 28.9. The lowest BCUT2D eigenvalue weighted by Gasteiger charge is -2.20. The van der Waals surface area contributed by atoms with Crippen molar-refractivity contribution in [3.8, 4) is 0 Å². The number of hydrogen-bond donors (Lipinski definition) is 2. The summed E-state index contributed by atoms with van der Waals surface area (Å²) in [6.45, 7) is 3.84. The zero-order valence-electron chi connectivity index (χ0n) is 21.2. The molecule has 9 nitrogen and oxygen atoms in total. The van der Waals surface area contributed by atoms with Crippen LogP contribution in [0.5, 0.6) is 0 Å². The standard InChI is InChI=1S/C26H25Cl2N3O6S2/c1-14(2)37-26(33)20(10-15-5-4-6-17(9-15)39(3,34)35)30-25(32)21-19(27)11-18-23(22(21)28)38-31-24(18)29-12-16-7-8-36-13-16/h4-9,11,13-14,20H,10,12H2,1-3H3,(H,29,31)(H,30,32)/t20-/m0/s1. The number of ether oxygens (including phenoxy) is 1. The van der Waals surface area contributed by atoms with E-state index in [2.05, 4.69) is 15.0 Å². The fourth-order valence-electron chi connectivity index (χ4n) is 3.80. The zero-order chi connectivity index (χ0) is 28.3. The molecule has 0 aliphatic carbocycles. The number of furan rings is 1. The van der Waals surface area contributed by atoms with Crippen LogP contribution in [0.4, 0.5) is 5.82 Å². The number of rotatable bonds is 10. The number of anilines is 1. The van der Waals surface area contributed by atoms with Crippen molar-refractivity contribution in [2.45, 2.75) is 43.9 Å². The van der Waals surface area contributed by atoms with Gasteiger partial charge < -0.3 is 19.8 Å². The largest absolute Gasteiger partial charge is 0.472 e. The highest BCUT2D eigenvalue weighted by molar-refractivity contribution is 7.90. The number of carbonyl (C=O) groups is 2. The number of esters is 1. The predicted octanol–water partition coefficient (Wildman–Crippen LogP) is 5.50. The van der Waals surface area contributed by atoms with Crippen LogP contribution >= 0.6 is 34.7 Å². The van der Waals surface area contributed by atoms with Gasteiger partial charge in [-0.05, 0) is 55.2 Å². The van der Waals surface area contributed by atoms with E-state index in [0.717, 1.165) is 23.4 Å². The van der Waals surface area contributed by atoms with Crippen molar-refractivity contribution >= 4 is 72.4 Å². The van der Waals surface area contributed by atoms with E-state index in [4.69, 9.17) is 32.4 Å². The Bertz CT molecular complexity index is 1620. The Morgan fingerprint density at radius 1 is 1.15 bits per heavy atom. The van der Waals surface area contributed by atoms with Crippen molar-refractivity contribution in [3.05, 3.63) is 75.7 Å². The Labute approximate surface area is 239 Å². The summed E-state index contributed by atoms with van der Waals surface area (Å²) in [7, 11) is -3.47. The number of carbonyl (C=O) groups excluding carboxylic acids is 2. The van der Waals surface area contributed by atoms with E-state index in [1.165, 1.54) is 12.1 Å². The lowest BCUT2D eigenvalue weighted by atomic mass is 10.0. The van der Waals surface area contributed by atoms with E-state index in [1.54, 1.807) is 44.6 Å². The number of aromatic nitrogens is 1. The van der Waals surface area contributed by atoms with E-state index in [-0.39, 0.29) is 26.9 Å². The van der Waals surface area contributed by atoms with Gasteiger partial charge in [0, 0.05) is 30.2 Å². The lowest BCUT2D eigenvalue weighted by Crippen LogP contribution is -2.44. The minimum Gasteiger partial charge on any atom is -0.472 e. The summed E-state index contributed by atoms with van der Waals surface area (Å²) < 4.78 is 39.4. The molecule has 4 aromatic rings. The molecule has 1 amide bonds. The quantitative estimate of drug-likeness (QED) is 0.225. The summed E-state index contributed by atoms with van der Waals surface area (Å²) in [5, 5.41) is 6.68. The monoisotopic (exact) mass is 609 g/mol. The molecule has 13 heteroatoms. The van der Waals surface area contributed by atoms with Crippen molar-refractivity contribution < 1.29 is 27.2 Å². The predicted molar refractivity (Wildman–Crippen MR) is 151 cm³/mol. The second-order valence-electron chi connectivity index (χ2n) is 9.08. The molecule has 2 heterocycles. The van der Waals surface area contributed by atoms with Crippen LogP contribution in [0.2, 0.25) is 10.0 Å². The highest BCUT2D eigenvalue weighted by Crippen LogP contribution is 2.39. The van der Waals surface area contributed by atoms with E-state index in [0.29, 0.717) is 28.0 Å². The van der Waals surface area contributed by atoms with Crippen LogP contribution in [0.15, 0.2) is 58.2 Å². The third-order valence-electron chi connectivity index (χ3n) is 5.63. The molecule has 0 saturated carbocycles. The van der Waals surface area contributed by atoms with Gasteiger partial charge in [0.15, 0.2) is 9.84 Å². The number of sulfone groups is 1. The van der Waals surface area contributed by atoms with Crippen LogP contribution in [0.25, 0.3) is 10.1 Å². The molecule has 206 valence electrons. The first-order chi connectivity index (χ1) is 18.4. The minimum absolute atomic E-state index is 0.0110. The first-order valence-electron chi connectivity index (χ1n) is 11.8. The smallest absolute Gasteiger partial charge is 0.329 e. The second-order valence-corrected chi connectivity index (χ2v) is 12.7. The molecule has 2 aromatic heterocycles. The maximum Gasteiger partial charge on any atom is 0.329 e. The summed E-state index contributed by atoms with van der Waals surface area (Å²) in [6.07, 6.45) is 3.83. The topological polar surface area (TPSA) is 128 Å². The number of benzene rings is 2. The molecule has 0 bridgehead atoms. The van der Waals surface area contributed by atoms with Gasteiger partial charge in [-0.1, -0.05) is 35.3 Å². The molecule has 2 N–H and O–H groups in total. The van der Waals surface area contributed by atoms with Crippen LogP contribution < -0.4 is 10.6 Å². The van der Waals surface area contributed by atoms with Crippen molar-refractivity contribution in [2.24, 2.45) is 0 Å². The van der Waals surface area contributed by atoms with Crippen molar-refractivity contribution in [3.63, 3.8) is 0 Å². The van der Waals surface area contributed by atoms with Crippen molar-refractivity contribution in [1.82, 2.24) is 9.69 Å². The first-order valence-corrected chi connectivity index (χ1v) is 15.2. The third-order valence-corrected chi connectivity index (χ3v) is 8.41. The van der Waals surface area contributed by atoms with Crippen LogP contribution in [-0.2, 0) is 32.3 Å². The third kappa shape index (κ3) is 6.91. The molecule has 4 rings (SSSR count). The molecule has 0 saturated heterocycles. The van der Waals surface area contributed by atoms with Crippen LogP contribution in [-0.4, -0.2) is 43.1 Å². The van der Waals surface area contributed by atoms with E-state index >= 15 is 0 Å². The van der Waals surface area contributed by atoms with Gasteiger partial charge in [-0.15, -0.1) is 0 Å². The van der Waals surface area contributed by atoms with Crippen LogP contribution in [0, 0.1) is 0 Å². The van der Waals surface area contributed by atoms with Crippen LogP contribution in [0.1, 0.15) is 35.3 Å².